The molecule has 3 atom stereocenters. The summed E-state index contributed by atoms with van der Waals surface area (Å²) in [6, 6.07) is 16.6. The number of carbonyl (C=O) groups excluding carboxylic acids is 3. The Morgan fingerprint density at radius 2 is 1.64 bits per heavy atom. The zero-order valence-corrected chi connectivity index (χ0v) is 21.3. The largest absolute Gasteiger partial charge is 0.481 e. The molecule has 39 heavy (non-hydrogen) atoms. The number of aliphatic carboxylic acids is 1. The van der Waals surface area contributed by atoms with Crippen LogP contribution in [0.15, 0.2) is 77.7 Å². The Labute approximate surface area is 227 Å². The number of fused-ring (bicyclic) bond motifs is 1. The Bertz CT molecular complexity index is 1370. The number of nitrogens with one attached hydrogen (secondary N) is 3. The van der Waals surface area contributed by atoms with Crippen molar-refractivity contribution < 1.29 is 33.1 Å². The molecule has 8 nitrogen and oxygen atoms in total. The molecule has 1 aliphatic heterocycles. The summed E-state index contributed by atoms with van der Waals surface area (Å²) in [4.78, 5) is 51.4. The lowest BCUT2D eigenvalue weighted by atomic mass is 10.0. The third-order valence-corrected chi connectivity index (χ3v) is 7.40. The molecule has 3 aromatic carbocycles. The highest BCUT2D eigenvalue weighted by Gasteiger charge is 2.37. The molecule has 4 N–H and O–H groups in total. The molecule has 0 saturated carbocycles. The van der Waals surface area contributed by atoms with Gasteiger partial charge in [0, 0.05) is 17.4 Å². The molecule has 1 aliphatic rings. The van der Waals surface area contributed by atoms with Gasteiger partial charge in [0.15, 0.2) is 0 Å². The van der Waals surface area contributed by atoms with Crippen molar-refractivity contribution in [1.29, 1.82) is 0 Å². The quantitative estimate of drug-likeness (QED) is 0.319. The number of rotatable bonds is 9. The van der Waals surface area contributed by atoms with Crippen LogP contribution in [0.3, 0.4) is 0 Å². The Morgan fingerprint density at radius 3 is 2.33 bits per heavy atom. The predicted molar refractivity (Wildman–Crippen MR) is 141 cm³/mol. The Hall–Kier alpha value is -4.25. The number of hydrogen-bond donors (Lipinski definition) is 4. The first-order valence-corrected chi connectivity index (χ1v) is 13.0. The molecule has 0 aromatic heterocycles. The molecule has 3 amide bonds. The van der Waals surface area contributed by atoms with E-state index in [0.717, 1.165) is 22.6 Å². The van der Waals surface area contributed by atoms with Crippen molar-refractivity contribution in [3.63, 3.8) is 0 Å². The fourth-order valence-electron chi connectivity index (χ4n) is 4.20. The number of hydrogen-bond acceptors (Lipinski definition) is 5. The zero-order chi connectivity index (χ0) is 27.9. The topological polar surface area (TPSA) is 125 Å². The highest BCUT2D eigenvalue weighted by molar-refractivity contribution is 7.99. The minimum atomic E-state index is -1.31. The zero-order valence-electron chi connectivity index (χ0n) is 20.5. The molecule has 0 fully saturated rings. The summed E-state index contributed by atoms with van der Waals surface area (Å²) in [5.41, 5.74) is 1.41. The van der Waals surface area contributed by atoms with Crippen LogP contribution in [0.25, 0.3) is 0 Å². The van der Waals surface area contributed by atoms with E-state index in [2.05, 4.69) is 16.0 Å². The van der Waals surface area contributed by atoms with Crippen molar-refractivity contribution in [2.75, 3.05) is 5.32 Å². The van der Waals surface area contributed by atoms with Crippen LogP contribution in [0.2, 0.25) is 0 Å². The van der Waals surface area contributed by atoms with Gasteiger partial charge in [-0.05, 0) is 41.8 Å². The predicted octanol–water partition coefficient (Wildman–Crippen LogP) is 3.83. The lowest BCUT2D eigenvalue weighted by molar-refractivity contribution is -0.138. The fraction of sp³-hybridized carbons (Fsp3) is 0.214. The van der Waals surface area contributed by atoms with Crippen LogP contribution in [-0.2, 0) is 25.6 Å². The van der Waals surface area contributed by atoms with Gasteiger partial charge in [0.2, 0.25) is 17.7 Å². The molecule has 0 aliphatic carbocycles. The van der Waals surface area contributed by atoms with E-state index >= 15 is 0 Å². The van der Waals surface area contributed by atoms with Gasteiger partial charge in [-0.15, -0.1) is 11.8 Å². The minimum absolute atomic E-state index is 0.0452. The summed E-state index contributed by atoms with van der Waals surface area (Å²) in [5, 5.41) is 16.6. The molecule has 0 radical (unpaired) electrons. The van der Waals surface area contributed by atoms with Gasteiger partial charge in [0.1, 0.15) is 23.7 Å². The number of amides is 3. The van der Waals surface area contributed by atoms with Crippen LogP contribution in [0.5, 0.6) is 0 Å². The van der Waals surface area contributed by atoms with Crippen LogP contribution in [0, 0.1) is 11.6 Å². The average molecular weight is 554 g/mol. The third kappa shape index (κ3) is 7.41. The number of para-hydroxylation sites is 1. The lowest BCUT2D eigenvalue weighted by Gasteiger charge is -2.27. The first-order chi connectivity index (χ1) is 18.7. The summed E-state index contributed by atoms with van der Waals surface area (Å²) in [5.74, 6) is -4.88. The Balaban J connectivity index is 1.56. The molecule has 0 bridgehead atoms. The number of carboxylic acid groups (broad SMARTS) is 1. The molecular formula is C28H25F2N3O5S. The molecular weight excluding hydrogens is 528 g/mol. The van der Waals surface area contributed by atoms with E-state index < -0.39 is 65.5 Å². The number of halogens is 2. The van der Waals surface area contributed by atoms with E-state index in [0.29, 0.717) is 11.8 Å². The van der Waals surface area contributed by atoms with Crippen LogP contribution < -0.4 is 16.0 Å². The molecule has 0 saturated heterocycles. The van der Waals surface area contributed by atoms with Gasteiger partial charge in [-0.3, -0.25) is 19.2 Å². The van der Waals surface area contributed by atoms with Crippen LogP contribution in [0.1, 0.15) is 29.2 Å². The highest BCUT2D eigenvalue weighted by Crippen LogP contribution is 2.43. The van der Waals surface area contributed by atoms with Crippen LogP contribution in [-0.4, -0.2) is 40.9 Å². The fourth-order valence-corrected chi connectivity index (χ4v) is 5.50. The molecule has 0 spiro atoms. The second-order valence-corrected chi connectivity index (χ2v) is 10.1. The first kappa shape index (κ1) is 27.8. The molecule has 3 aromatic rings. The second-order valence-electron chi connectivity index (χ2n) is 8.93. The molecule has 202 valence electrons. The smallest absolute Gasteiger partial charge is 0.303 e. The van der Waals surface area contributed by atoms with Gasteiger partial charge in [0.25, 0.3) is 0 Å². The van der Waals surface area contributed by atoms with Gasteiger partial charge in [-0.2, -0.15) is 0 Å². The van der Waals surface area contributed by atoms with E-state index in [1.54, 1.807) is 12.1 Å². The maximum absolute atomic E-state index is 13.5. The summed E-state index contributed by atoms with van der Waals surface area (Å²) >= 11 is 1.38. The second kappa shape index (κ2) is 12.5. The summed E-state index contributed by atoms with van der Waals surface area (Å²) in [6.07, 6.45) is -1.14. The van der Waals surface area contributed by atoms with Gasteiger partial charge < -0.3 is 21.1 Å². The normalized spacial score (nSPS) is 17.2. The number of carbonyl (C=O) groups is 4. The molecule has 0 unspecified atom stereocenters. The Kier molecular flexibility index (Phi) is 8.92. The highest BCUT2D eigenvalue weighted by atomic mass is 32.2. The van der Waals surface area contributed by atoms with Crippen molar-refractivity contribution in [3.8, 4) is 0 Å². The third-order valence-electron chi connectivity index (χ3n) is 6.00. The van der Waals surface area contributed by atoms with E-state index in [4.69, 9.17) is 0 Å². The van der Waals surface area contributed by atoms with E-state index in [-0.39, 0.29) is 12.0 Å². The number of thioether (sulfide) groups is 1. The van der Waals surface area contributed by atoms with Gasteiger partial charge in [-0.1, -0.05) is 42.5 Å². The molecule has 4 rings (SSSR count). The maximum atomic E-state index is 13.5. The molecule has 1 heterocycles. The number of anilines is 1. The average Bonchev–Trinajstić information content (AvgIpc) is 3.02. The number of benzene rings is 3. The lowest BCUT2D eigenvalue weighted by Crippen LogP contribution is -2.54. The minimum Gasteiger partial charge on any atom is -0.481 e. The molecule has 11 heteroatoms. The van der Waals surface area contributed by atoms with Crippen molar-refractivity contribution in [1.82, 2.24) is 10.6 Å². The van der Waals surface area contributed by atoms with Crippen LogP contribution >= 0.6 is 11.8 Å². The summed E-state index contributed by atoms with van der Waals surface area (Å²) < 4.78 is 27.1. The van der Waals surface area contributed by atoms with E-state index in [1.165, 1.54) is 11.8 Å². The van der Waals surface area contributed by atoms with Crippen molar-refractivity contribution in [3.05, 3.63) is 95.6 Å². The first-order valence-electron chi connectivity index (χ1n) is 12.1. The monoisotopic (exact) mass is 553 g/mol. The van der Waals surface area contributed by atoms with E-state index in [1.807, 2.05) is 42.5 Å². The van der Waals surface area contributed by atoms with Gasteiger partial charge in [0.05, 0.1) is 17.4 Å². The van der Waals surface area contributed by atoms with Gasteiger partial charge in [-0.25, -0.2) is 8.78 Å². The van der Waals surface area contributed by atoms with E-state index in [9.17, 15) is 33.1 Å². The Morgan fingerprint density at radius 1 is 0.974 bits per heavy atom. The van der Waals surface area contributed by atoms with Crippen molar-refractivity contribution in [2.24, 2.45) is 0 Å². The SMILES string of the molecule is O=C(O)CC[C@H](NC(=O)Cc1cc(F)cc(F)c1)C(=O)N[C@@H]1C(=O)Nc2ccccc2S[C@@H]1c1ccccc1. The summed E-state index contributed by atoms with van der Waals surface area (Å²) in [7, 11) is 0. The standard InChI is InChI=1S/C28H25F2N3O5S/c29-18-12-16(13-19(30)15-18)14-23(34)31-21(10-11-24(35)36)27(37)33-25-26(17-6-2-1-3-7-17)39-22-9-5-4-8-20(22)32-28(25)38/h1-9,12-13,15,21,25-26H,10-11,14H2,(H,31,34)(H,32,38)(H,33,37)(H,35,36)/t21-,25-,26+/m0/s1. The van der Waals surface area contributed by atoms with Crippen LogP contribution in [0.4, 0.5) is 14.5 Å². The van der Waals surface area contributed by atoms with Crippen molar-refractivity contribution >= 4 is 41.1 Å². The summed E-state index contributed by atoms with van der Waals surface area (Å²) in [6.45, 7) is 0. The van der Waals surface area contributed by atoms with Crippen molar-refractivity contribution in [2.45, 2.75) is 41.5 Å². The number of carboxylic acids is 1. The van der Waals surface area contributed by atoms with Gasteiger partial charge >= 0.3 is 5.97 Å². The maximum Gasteiger partial charge on any atom is 0.303 e.